The number of halogens is 1. The smallest absolute Gasteiger partial charge is 0.124 e. The van der Waals surface area contributed by atoms with Crippen molar-refractivity contribution < 1.29 is 9.50 Å². The second-order valence-corrected chi connectivity index (χ2v) is 10.4. The summed E-state index contributed by atoms with van der Waals surface area (Å²) in [6.07, 6.45) is 8.57. The molecule has 0 bridgehead atoms. The Labute approximate surface area is 204 Å². The number of fused-ring (bicyclic) bond motifs is 1. The van der Waals surface area contributed by atoms with Crippen molar-refractivity contribution in [3.63, 3.8) is 0 Å². The SMILES string of the molecule is CCCCNC1/C(=C/c2ccccc2C#Cc2cccc(F)c2)CCC2C(C)C(O)CC[C@]12C. The molecule has 2 N–H and O–H groups in total. The molecule has 2 nitrogen and oxygen atoms in total. The van der Waals surface area contributed by atoms with E-state index >= 15 is 0 Å². The third kappa shape index (κ3) is 5.29. The van der Waals surface area contributed by atoms with Gasteiger partial charge in [-0.3, -0.25) is 0 Å². The van der Waals surface area contributed by atoms with E-state index in [2.05, 4.69) is 56.1 Å². The number of hydrogen-bond donors (Lipinski definition) is 2. The molecular formula is C31H38FNO. The zero-order chi connectivity index (χ0) is 24.1. The number of unbranched alkanes of at least 4 members (excludes halogenated alkanes) is 1. The van der Waals surface area contributed by atoms with Crippen LogP contribution in [0.5, 0.6) is 0 Å². The first-order valence-electron chi connectivity index (χ1n) is 12.9. The average molecular weight is 460 g/mol. The summed E-state index contributed by atoms with van der Waals surface area (Å²) < 4.78 is 13.6. The second-order valence-electron chi connectivity index (χ2n) is 10.4. The Balaban J connectivity index is 1.68. The van der Waals surface area contributed by atoms with Gasteiger partial charge in [0.2, 0.25) is 0 Å². The summed E-state index contributed by atoms with van der Waals surface area (Å²) >= 11 is 0. The molecule has 2 aliphatic carbocycles. The average Bonchev–Trinajstić information content (AvgIpc) is 2.83. The van der Waals surface area contributed by atoms with Crippen LogP contribution in [0, 0.1) is 34.9 Å². The predicted molar refractivity (Wildman–Crippen MR) is 139 cm³/mol. The van der Waals surface area contributed by atoms with Crippen molar-refractivity contribution in [1.82, 2.24) is 5.32 Å². The highest BCUT2D eigenvalue weighted by atomic mass is 19.1. The van der Waals surface area contributed by atoms with Crippen LogP contribution in [0.3, 0.4) is 0 Å². The third-order valence-corrected chi connectivity index (χ3v) is 8.19. The maximum Gasteiger partial charge on any atom is 0.124 e. The fourth-order valence-electron chi connectivity index (χ4n) is 6.20. The molecule has 0 aliphatic heterocycles. The molecule has 2 saturated carbocycles. The Morgan fingerprint density at radius 2 is 1.97 bits per heavy atom. The minimum Gasteiger partial charge on any atom is -0.393 e. The molecule has 34 heavy (non-hydrogen) atoms. The van der Waals surface area contributed by atoms with E-state index in [9.17, 15) is 9.50 Å². The molecule has 0 amide bonds. The first-order valence-corrected chi connectivity index (χ1v) is 12.9. The molecule has 2 fully saturated rings. The lowest BCUT2D eigenvalue weighted by molar-refractivity contribution is -0.0587. The normalized spacial score (nSPS) is 29.9. The maximum atomic E-state index is 13.6. The van der Waals surface area contributed by atoms with Crippen molar-refractivity contribution in [2.45, 2.75) is 71.4 Å². The van der Waals surface area contributed by atoms with Gasteiger partial charge in [-0.05, 0) is 85.7 Å². The lowest BCUT2D eigenvalue weighted by atomic mass is 9.53. The van der Waals surface area contributed by atoms with Crippen LogP contribution in [-0.2, 0) is 0 Å². The highest BCUT2D eigenvalue weighted by Crippen LogP contribution is 2.54. The van der Waals surface area contributed by atoms with Crippen molar-refractivity contribution in [3.8, 4) is 11.8 Å². The molecular weight excluding hydrogens is 421 g/mol. The third-order valence-electron chi connectivity index (χ3n) is 8.19. The van der Waals surface area contributed by atoms with E-state index < -0.39 is 0 Å². The Hall–Kier alpha value is -2.41. The summed E-state index contributed by atoms with van der Waals surface area (Å²) in [6, 6.07) is 15.0. The van der Waals surface area contributed by atoms with Gasteiger partial charge in [0.1, 0.15) is 5.82 Å². The van der Waals surface area contributed by atoms with Crippen LogP contribution in [0.15, 0.2) is 54.1 Å². The molecule has 5 atom stereocenters. The molecule has 180 valence electrons. The molecule has 0 saturated heterocycles. The van der Waals surface area contributed by atoms with Gasteiger partial charge in [-0.25, -0.2) is 4.39 Å². The maximum absolute atomic E-state index is 13.6. The molecule has 4 rings (SSSR count). The summed E-state index contributed by atoms with van der Waals surface area (Å²) in [7, 11) is 0. The number of benzene rings is 2. The van der Waals surface area contributed by atoms with Crippen molar-refractivity contribution in [3.05, 3.63) is 76.6 Å². The van der Waals surface area contributed by atoms with E-state index in [1.165, 1.54) is 30.5 Å². The zero-order valence-corrected chi connectivity index (χ0v) is 20.8. The van der Waals surface area contributed by atoms with E-state index in [0.29, 0.717) is 23.4 Å². The molecule has 2 aliphatic rings. The first-order chi connectivity index (χ1) is 16.4. The van der Waals surface area contributed by atoms with Crippen LogP contribution in [0.25, 0.3) is 6.08 Å². The van der Waals surface area contributed by atoms with E-state index in [1.807, 2.05) is 18.2 Å². The van der Waals surface area contributed by atoms with Crippen LogP contribution in [0.2, 0.25) is 0 Å². The number of aliphatic hydroxyl groups excluding tert-OH is 1. The molecule has 0 radical (unpaired) electrons. The summed E-state index contributed by atoms with van der Waals surface area (Å²) in [6.45, 7) is 7.92. The Bertz CT molecular complexity index is 1080. The van der Waals surface area contributed by atoms with Crippen LogP contribution in [0.4, 0.5) is 4.39 Å². The second kappa shape index (κ2) is 10.9. The summed E-state index contributed by atoms with van der Waals surface area (Å²) in [4.78, 5) is 0. The Morgan fingerprint density at radius 3 is 2.76 bits per heavy atom. The lowest BCUT2D eigenvalue weighted by Crippen LogP contribution is -2.57. The predicted octanol–water partition coefficient (Wildman–Crippen LogP) is 6.57. The van der Waals surface area contributed by atoms with E-state index in [0.717, 1.165) is 43.4 Å². The van der Waals surface area contributed by atoms with Gasteiger partial charge in [0.15, 0.2) is 0 Å². The van der Waals surface area contributed by atoms with E-state index in [4.69, 9.17) is 0 Å². The molecule has 3 heteroatoms. The molecule has 0 aromatic heterocycles. The highest BCUT2D eigenvalue weighted by Gasteiger charge is 2.51. The molecule has 0 heterocycles. The fraction of sp³-hybridized carbons (Fsp3) is 0.484. The number of hydrogen-bond acceptors (Lipinski definition) is 2. The summed E-state index contributed by atoms with van der Waals surface area (Å²) in [5.74, 6) is 7.00. The minimum atomic E-state index is -0.264. The standard InChI is InChI=1S/C31H38FNO/c1-4-5-19-33-30-26(15-16-28-22(2)29(34)17-18-31(28,30)3)21-25-11-7-6-10-24(25)14-13-23-9-8-12-27(32)20-23/h6-12,20-22,28-30,33-34H,4-5,15-19H2,1-3H3/b26-21+/t22?,28?,29?,30?,31-/m0/s1. The molecule has 4 unspecified atom stereocenters. The number of nitrogens with one attached hydrogen (secondary N) is 1. The zero-order valence-electron chi connectivity index (χ0n) is 20.8. The Morgan fingerprint density at radius 1 is 1.15 bits per heavy atom. The minimum absolute atomic E-state index is 0.138. The Kier molecular flexibility index (Phi) is 7.91. The van der Waals surface area contributed by atoms with Crippen molar-refractivity contribution in [2.75, 3.05) is 6.54 Å². The molecule has 0 spiro atoms. The first kappa shape index (κ1) is 24.7. The largest absolute Gasteiger partial charge is 0.393 e. The van der Waals surface area contributed by atoms with Crippen molar-refractivity contribution in [2.24, 2.45) is 17.3 Å². The van der Waals surface area contributed by atoms with Crippen molar-refractivity contribution >= 4 is 6.08 Å². The number of rotatable bonds is 5. The van der Waals surface area contributed by atoms with Crippen LogP contribution in [-0.4, -0.2) is 23.8 Å². The van der Waals surface area contributed by atoms with Gasteiger partial charge in [0, 0.05) is 17.2 Å². The monoisotopic (exact) mass is 459 g/mol. The van der Waals surface area contributed by atoms with Gasteiger partial charge in [-0.1, -0.05) is 74.9 Å². The molecule has 2 aromatic carbocycles. The molecule has 2 aromatic rings. The fourth-order valence-corrected chi connectivity index (χ4v) is 6.20. The highest BCUT2D eigenvalue weighted by molar-refractivity contribution is 5.63. The van der Waals surface area contributed by atoms with E-state index in [1.54, 1.807) is 6.07 Å². The lowest BCUT2D eigenvalue weighted by Gasteiger charge is -2.55. The van der Waals surface area contributed by atoms with Gasteiger partial charge in [0.25, 0.3) is 0 Å². The summed E-state index contributed by atoms with van der Waals surface area (Å²) in [5.41, 5.74) is 4.35. The van der Waals surface area contributed by atoms with Gasteiger partial charge >= 0.3 is 0 Å². The van der Waals surface area contributed by atoms with Gasteiger partial charge in [-0.2, -0.15) is 0 Å². The summed E-state index contributed by atoms with van der Waals surface area (Å²) in [5, 5.41) is 14.5. The van der Waals surface area contributed by atoms with Gasteiger partial charge in [-0.15, -0.1) is 0 Å². The van der Waals surface area contributed by atoms with Crippen LogP contribution < -0.4 is 5.32 Å². The van der Waals surface area contributed by atoms with E-state index in [-0.39, 0.29) is 17.3 Å². The topological polar surface area (TPSA) is 32.3 Å². The van der Waals surface area contributed by atoms with Crippen LogP contribution >= 0.6 is 0 Å². The van der Waals surface area contributed by atoms with Crippen molar-refractivity contribution in [1.29, 1.82) is 0 Å². The van der Waals surface area contributed by atoms with Gasteiger partial charge in [0.05, 0.1) is 6.10 Å². The number of aliphatic hydroxyl groups is 1. The van der Waals surface area contributed by atoms with Gasteiger partial charge < -0.3 is 10.4 Å². The van der Waals surface area contributed by atoms with Crippen LogP contribution in [0.1, 0.15) is 76.0 Å². The quantitative estimate of drug-likeness (QED) is 0.391.